The van der Waals surface area contributed by atoms with Crippen LogP contribution in [0.5, 0.6) is 0 Å². The minimum atomic E-state index is -0.231. The Morgan fingerprint density at radius 2 is 1.85 bits per heavy atom. The molecule has 0 unspecified atom stereocenters. The molecular formula is C19H21Cl2N3O2. The Kier molecular flexibility index (Phi) is 6.46. The van der Waals surface area contributed by atoms with Crippen LogP contribution in [0.25, 0.3) is 0 Å². The summed E-state index contributed by atoms with van der Waals surface area (Å²) in [7, 11) is 0. The summed E-state index contributed by atoms with van der Waals surface area (Å²) in [6, 6.07) is 6.96. The molecule has 1 aromatic heterocycles. The van der Waals surface area contributed by atoms with Crippen molar-refractivity contribution >= 4 is 34.9 Å². The van der Waals surface area contributed by atoms with Crippen LogP contribution in [-0.4, -0.2) is 27.1 Å². The maximum atomic E-state index is 12.3. The molecule has 26 heavy (non-hydrogen) atoms. The number of aliphatic hydroxyl groups is 1. The highest BCUT2D eigenvalue weighted by atomic mass is 35.5. The second-order valence-corrected chi connectivity index (χ2v) is 7.51. The number of carbonyl (C=O) groups excluding carboxylic acids is 1. The number of hydrogen-bond donors (Lipinski definition) is 2. The average Bonchev–Trinajstić information content (AvgIpc) is 2.61. The number of benzene rings is 1. The van der Waals surface area contributed by atoms with Crippen LogP contribution in [0.15, 0.2) is 30.6 Å². The molecule has 1 heterocycles. The lowest BCUT2D eigenvalue weighted by atomic mass is 9.84. The van der Waals surface area contributed by atoms with Gasteiger partial charge >= 0.3 is 0 Å². The molecule has 2 aromatic rings. The van der Waals surface area contributed by atoms with Crippen molar-refractivity contribution in [3.8, 4) is 0 Å². The molecule has 0 bridgehead atoms. The first-order chi connectivity index (χ1) is 12.5. The summed E-state index contributed by atoms with van der Waals surface area (Å²) < 4.78 is 0. The maximum absolute atomic E-state index is 12.3. The zero-order chi connectivity index (χ0) is 18.5. The van der Waals surface area contributed by atoms with Gasteiger partial charge in [0, 0.05) is 21.8 Å². The number of carbonyl (C=O) groups is 1. The summed E-state index contributed by atoms with van der Waals surface area (Å²) in [6.07, 6.45) is 5.90. The van der Waals surface area contributed by atoms with Gasteiger partial charge in [-0.1, -0.05) is 29.3 Å². The van der Waals surface area contributed by atoms with Crippen LogP contribution in [-0.2, 0) is 17.6 Å². The Morgan fingerprint density at radius 3 is 2.54 bits per heavy atom. The molecule has 0 saturated heterocycles. The van der Waals surface area contributed by atoms with Crippen LogP contribution >= 0.6 is 23.2 Å². The standard InChI is InChI=1S/C19H21Cl2N3O2/c20-16-2-1-3-17(21)15(16)10-19(26)24-18-9-13(22-11-23-18)8-12-4-6-14(25)7-5-12/h1-3,9,11-12,14,25H,4-8,10H2,(H,22,23,24,26). The Hall–Kier alpha value is -1.69. The Bertz CT molecular complexity index is 757. The van der Waals surface area contributed by atoms with Crippen molar-refractivity contribution in [2.75, 3.05) is 5.32 Å². The van der Waals surface area contributed by atoms with Gasteiger partial charge in [-0.05, 0) is 55.7 Å². The van der Waals surface area contributed by atoms with Crippen molar-refractivity contribution in [1.82, 2.24) is 9.97 Å². The summed E-state index contributed by atoms with van der Waals surface area (Å²) in [5.41, 5.74) is 1.50. The van der Waals surface area contributed by atoms with Crippen LogP contribution in [0, 0.1) is 5.92 Å². The molecular weight excluding hydrogens is 373 g/mol. The Morgan fingerprint density at radius 1 is 1.15 bits per heavy atom. The number of aromatic nitrogens is 2. The number of aliphatic hydroxyl groups excluding tert-OH is 1. The van der Waals surface area contributed by atoms with Crippen molar-refractivity contribution in [3.63, 3.8) is 0 Å². The second-order valence-electron chi connectivity index (χ2n) is 6.70. The first-order valence-corrected chi connectivity index (χ1v) is 9.48. The van der Waals surface area contributed by atoms with Crippen LogP contribution in [0.1, 0.15) is 36.9 Å². The summed E-state index contributed by atoms with van der Waals surface area (Å²) in [5, 5.41) is 13.3. The van der Waals surface area contributed by atoms with E-state index in [0.717, 1.165) is 37.8 Å². The van der Waals surface area contributed by atoms with Gasteiger partial charge in [-0.3, -0.25) is 4.79 Å². The zero-order valence-electron chi connectivity index (χ0n) is 14.3. The molecule has 5 nitrogen and oxygen atoms in total. The lowest BCUT2D eigenvalue weighted by Crippen LogP contribution is -2.20. The number of amides is 1. The molecule has 1 amide bonds. The third kappa shape index (κ3) is 5.16. The lowest BCUT2D eigenvalue weighted by Gasteiger charge is -2.25. The number of nitrogens with one attached hydrogen (secondary N) is 1. The highest BCUT2D eigenvalue weighted by Gasteiger charge is 2.20. The smallest absolute Gasteiger partial charge is 0.230 e. The third-order valence-electron chi connectivity index (χ3n) is 4.70. The highest BCUT2D eigenvalue weighted by molar-refractivity contribution is 6.36. The molecule has 2 N–H and O–H groups in total. The van der Waals surface area contributed by atoms with E-state index in [4.69, 9.17) is 23.2 Å². The lowest BCUT2D eigenvalue weighted by molar-refractivity contribution is -0.115. The fourth-order valence-electron chi connectivity index (χ4n) is 3.27. The minimum absolute atomic E-state index is 0.0817. The predicted octanol–water partition coefficient (Wildman–Crippen LogP) is 4.06. The quantitative estimate of drug-likeness (QED) is 0.802. The van der Waals surface area contributed by atoms with Crippen molar-refractivity contribution < 1.29 is 9.90 Å². The Labute approximate surface area is 162 Å². The molecule has 3 rings (SSSR count). The van der Waals surface area contributed by atoms with E-state index in [2.05, 4.69) is 15.3 Å². The van der Waals surface area contributed by atoms with E-state index >= 15 is 0 Å². The van der Waals surface area contributed by atoms with Gasteiger partial charge in [-0.15, -0.1) is 0 Å². The fourth-order valence-corrected chi connectivity index (χ4v) is 3.80. The van der Waals surface area contributed by atoms with Crippen LogP contribution < -0.4 is 5.32 Å². The Balaban J connectivity index is 1.60. The molecule has 0 radical (unpaired) electrons. The van der Waals surface area contributed by atoms with E-state index in [1.54, 1.807) is 24.3 Å². The average molecular weight is 394 g/mol. The minimum Gasteiger partial charge on any atom is -0.393 e. The molecule has 7 heteroatoms. The molecule has 0 atom stereocenters. The van der Waals surface area contributed by atoms with Gasteiger partial charge in [0.1, 0.15) is 12.1 Å². The van der Waals surface area contributed by atoms with Gasteiger partial charge in [0.2, 0.25) is 5.91 Å². The number of hydrogen-bond acceptors (Lipinski definition) is 4. The molecule has 0 aliphatic heterocycles. The molecule has 0 spiro atoms. The van der Waals surface area contributed by atoms with Gasteiger partial charge < -0.3 is 10.4 Å². The van der Waals surface area contributed by atoms with E-state index in [9.17, 15) is 9.90 Å². The molecule has 1 saturated carbocycles. The summed E-state index contributed by atoms with van der Waals surface area (Å²) >= 11 is 12.2. The van der Waals surface area contributed by atoms with E-state index in [-0.39, 0.29) is 18.4 Å². The van der Waals surface area contributed by atoms with E-state index in [0.29, 0.717) is 27.3 Å². The van der Waals surface area contributed by atoms with Crippen LogP contribution in [0.3, 0.4) is 0 Å². The number of anilines is 1. The van der Waals surface area contributed by atoms with Crippen LogP contribution in [0.2, 0.25) is 10.0 Å². The van der Waals surface area contributed by atoms with Gasteiger partial charge in [-0.2, -0.15) is 0 Å². The zero-order valence-corrected chi connectivity index (χ0v) is 15.8. The van der Waals surface area contributed by atoms with Crippen molar-refractivity contribution in [2.24, 2.45) is 5.92 Å². The topological polar surface area (TPSA) is 75.1 Å². The number of halogens is 2. The summed E-state index contributed by atoms with van der Waals surface area (Å²) in [4.78, 5) is 20.7. The maximum Gasteiger partial charge on any atom is 0.230 e. The first kappa shape index (κ1) is 19.1. The van der Waals surface area contributed by atoms with Crippen molar-refractivity contribution in [3.05, 3.63) is 51.9 Å². The highest BCUT2D eigenvalue weighted by Crippen LogP contribution is 2.27. The predicted molar refractivity (Wildman–Crippen MR) is 102 cm³/mol. The van der Waals surface area contributed by atoms with E-state index < -0.39 is 0 Å². The van der Waals surface area contributed by atoms with Crippen molar-refractivity contribution in [2.45, 2.75) is 44.6 Å². The van der Waals surface area contributed by atoms with Gasteiger partial charge in [0.15, 0.2) is 0 Å². The number of rotatable bonds is 5. The van der Waals surface area contributed by atoms with Crippen LogP contribution in [0.4, 0.5) is 5.82 Å². The second kappa shape index (κ2) is 8.80. The SMILES string of the molecule is O=C(Cc1c(Cl)cccc1Cl)Nc1cc(CC2CCC(O)CC2)ncn1. The summed E-state index contributed by atoms with van der Waals surface area (Å²) in [5.74, 6) is 0.753. The monoisotopic (exact) mass is 393 g/mol. The molecule has 138 valence electrons. The van der Waals surface area contributed by atoms with Gasteiger partial charge in [0.25, 0.3) is 0 Å². The molecule has 1 aromatic carbocycles. The third-order valence-corrected chi connectivity index (χ3v) is 5.41. The van der Waals surface area contributed by atoms with E-state index in [1.165, 1.54) is 6.33 Å². The van der Waals surface area contributed by atoms with Gasteiger partial charge in [-0.25, -0.2) is 9.97 Å². The fraction of sp³-hybridized carbons (Fsp3) is 0.421. The van der Waals surface area contributed by atoms with Gasteiger partial charge in [0.05, 0.1) is 12.5 Å². The first-order valence-electron chi connectivity index (χ1n) is 8.73. The molecule has 1 fully saturated rings. The van der Waals surface area contributed by atoms with Crippen molar-refractivity contribution in [1.29, 1.82) is 0 Å². The molecule has 1 aliphatic carbocycles. The van der Waals surface area contributed by atoms with E-state index in [1.807, 2.05) is 0 Å². The summed E-state index contributed by atoms with van der Waals surface area (Å²) in [6.45, 7) is 0. The normalized spacial score (nSPS) is 20.0. The largest absolute Gasteiger partial charge is 0.393 e. The molecule has 1 aliphatic rings. The number of nitrogens with zero attached hydrogens (tertiary/aromatic N) is 2.